The molecule has 2 rings (SSSR count). The van der Waals surface area contributed by atoms with E-state index in [1.54, 1.807) is 0 Å². The number of benzene rings is 2. The molecule has 0 heterocycles. The van der Waals surface area contributed by atoms with E-state index >= 15 is 0 Å². The van der Waals surface area contributed by atoms with Crippen LogP contribution in [0.15, 0.2) is 34.8 Å². The van der Waals surface area contributed by atoms with E-state index < -0.39 is 11.6 Å². The lowest BCUT2D eigenvalue weighted by Gasteiger charge is -2.17. The Labute approximate surface area is 128 Å². The number of hydrogen-bond acceptors (Lipinski definition) is 0. The molecule has 0 saturated carbocycles. The molecule has 0 spiro atoms. The van der Waals surface area contributed by atoms with Crippen LogP contribution in [0.2, 0.25) is 0 Å². The maximum Gasteiger partial charge on any atom is 0.137 e. The second kappa shape index (κ2) is 5.71. The predicted octanol–water partition coefficient (Wildman–Crippen LogP) is 5.83. The predicted molar refractivity (Wildman–Crippen MR) is 80.7 cm³/mol. The molecule has 0 saturated heterocycles. The lowest BCUT2D eigenvalue weighted by Crippen LogP contribution is -2.02. The molecule has 0 aliphatic carbocycles. The van der Waals surface area contributed by atoms with Gasteiger partial charge in [0.15, 0.2) is 0 Å². The van der Waals surface area contributed by atoms with Crippen LogP contribution in [0, 0.1) is 25.5 Å². The first-order valence-electron chi connectivity index (χ1n) is 5.76. The molecule has 100 valence electrons. The van der Waals surface area contributed by atoms with Gasteiger partial charge in [0, 0.05) is 5.56 Å². The topological polar surface area (TPSA) is 0 Å². The highest BCUT2D eigenvalue weighted by molar-refractivity contribution is 9.10. The normalized spacial score (nSPS) is 12.5. The Morgan fingerprint density at radius 3 is 2.16 bits per heavy atom. The van der Waals surface area contributed by atoms with Crippen LogP contribution in [0.5, 0.6) is 0 Å². The van der Waals surface area contributed by atoms with Gasteiger partial charge in [0.2, 0.25) is 0 Å². The van der Waals surface area contributed by atoms with Crippen molar-refractivity contribution in [2.75, 3.05) is 0 Å². The Balaban J connectivity index is 2.56. The minimum absolute atomic E-state index is 0.134. The fourth-order valence-corrected chi connectivity index (χ4v) is 3.50. The van der Waals surface area contributed by atoms with Gasteiger partial charge in [-0.2, -0.15) is 0 Å². The Morgan fingerprint density at radius 2 is 1.58 bits per heavy atom. The summed E-state index contributed by atoms with van der Waals surface area (Å²) in [5.74, 6) is -0.898. The third-order valence-corrected chi connectivity index (χ3v) is 4.67. The zero-order valence-corrected chi connectivity index (χ0v) is 13.6. The second-order valence-corrected chi connectivity index (χ2v) is 6.23. The van der Waals surface area contributed by atoms with Crippen LogP contribution in [0.1, 0.15) is 27.1 Å². The molecule has 4 heteroatoms. The van der Waals surface area contributed by atoms with Crippen LogP contribution in [0.4, 0.5) is 8.78 Å². The molecule has 0 aromatic heterocycles. The molecule has 19 heavy (non-hydrogen) atoms. The van der Waals surface area contributed by atoms with E-state index in [1.165, 1.54) is 6.07 Å². The molecule has 0 aliphatic rings. The minimum Gasteiger partial charge on any atom is -0.207 e. The Kier molecular flexibility index (Phi) is 4.41. The van der Waals surface area contributed by atoms with Crippen LogP contribution in [-0.2, 0) is 0 Å². The summed E-state index contributed by atoms with van der Waals surface area (Å²) in [6, 6.07) is 8.26. The first-order valence-corrected chi connectivity index (χ1v) is 7.47. The molecular weight excluding hydrogens is 378 g/mol. The smallest absolute Gasteiger partial charge is 0.137 e. The quantitative estimate of drug-likeness (QED) is 0.447. The van der Waals surface area contributed by atoms with E-state index in [9.17, 15) is 8.78 Å². The third-order valence-electron chi connectivity index (χ3n) is 3.11. The van der Waals surface area contributed by atoms with Crippen LogP contribution in [0.25, 0.3) is 0 Å². The molecule has 0 aliphatic heterocycles. The number of alkyl halides is 1. The first-order chi connectivity index (χ1) is 8.91. The van der Waals surface area contributed by atoms with E-state index in [4.69, 9.17) is 0 Å². The maximum atomic E-state index is 14.0. The van der Waals surface area contributed by atoms with Gasteiger partial charge in [-0.25, -0.2) is 8.78 Å². The van der Waals surface area contributed by atoms with Crippen LogP contribution in [-0.4, -0.2) is 0 Å². The van der Waals surface area contributed by atoms with Crippen molar-refractivity contribution in [3.8, 4) is 0 Å². The summed E-state index contributed by atoms with van der Waals surface area (Å²) in [7, 11) is 0. The number of aryl methyl sites for hydroxylation is 2. The lowest BCUT2D eigenvalue weighted by atomic mass is 9.96. The zero-order chi connectivity index (χ0) is 14.2. The number of hydrogen-bond donors (Lipinski definition) is 0. The monoisotopic (exact) mass is 388 g/mol. The number of rotatable bonds is 2. The summed E-state index contributed by atoms with van der Waals surface area (Å²) in [6.07, 6.45) is 0. The summed E-state index contributed by atoms with van der Waals surface area (Å²) in [4.78, 5) is -0.365. The second-order valence-electron chi connectivity index (χ2n) is 4.46. The molecule has 0 nitrogen and oxygen atoms in total. The SMILES string of the molecule is Cc1cccc(C)c1C(Br)c1cc(F)c(Br)cc1F. The molecule has 0 radical (unpaired) electrons. The third kappa shape index (κ3) is 2.90. The Hall–Kier alpha value is -0.740. The molecular formula is C15H12Br2F2. The van der Waals surface area contributed by atoms with Crippen molar-refractivity contribution >= 4 is 31.9 Å². The van der Waals surface area contributed by atoms with Crippen molar-refractivity contribution in [1.29, 1.82) is 0 Å². The van der Waals surface area contributed by atoms with Crippen molar-refractivity contribution in [1.82, 2.24) is 0 Å². The molecule has 1 atom stereocenters. The van der Waals surface area contributed by atoms with Crippen LogP contribution >= 0.6 is 31.9 Å². The average Bonchev–Trinajstić information content (AvgIpc) is 2.33. The summed E-state index contributed by atoms with van der Waals surface area (Å²) >= 11 is 6.47. The highest BCUT2D eigenvalue weighted by Gasteiger charge is 2.20. The van der Waals surface area contributed by atoms with Crippen molar-refractivity contribution in [2.45, 2.75) is 18.7 Å². The molecule has 0 amide bonds. The summed E-state index contributed by atoms with van der Waals surface area (Å²) < 4.78 is 27.7. The van der Waals surface area contributed by atoms with E-state index in [0.717, 1.165) is 22.8 Å². The molecule has 0 bridgehead atoms. The maximum absolute atomic E-state index is 14.0. The molecule has 2 aromatic carbocycles. The van der Waals surface area contributed by atoms with Gasteiger partial charge in [0.1, 0.15) is 11.6 Å². The molecule has 2 aromatic rings. The Morgan fingerprint density at radius 1 is 1.00 bits per heavy atom. The average molecular weight is 390 g/mol. The highest BCUT2D eigenvalue weighted by Crippen LogP contribution is 2.37. The lowest BCUT2D eigenvalue weighted by molar-refractivity contribution is 0.583. The largest absolute Gasteiger partial charge is 0.207 e. The molecule has 0 N–H and O–H groups in total. The van der Waals surface area contributed by atoms with Crippen LogP contribution < -0.4 is 0 Å². The summed E-state index contributed by atoms with van der Waals surface area (Å²) in [6.45, 7) is 3.92. The van der Waals surface area contributed by atoms with E-state index in [1.807, 2.05) is 32.0 Å². The highest BCUT2D eigenvalue weighted by atomic mass is 79.9. The standard InChI is InChI=1S/C15H12Br2F2/c1-8-4-3-5-9(2)14(8)15(17)10-6-13(19)11(16)7-12(10)18/h3-7,15H,1-2H3. The zero-order valence-electron chi connectivity index (χ0n) is 10.5. The van der Waals surface area contributed by atoms with Gasteiger partial charge < -0.3 is 0 Å². The number of halogens is 4. The van der Waals surface area contributed by atoms with Gasteiger partial charge in [-0.05, 0) is 58.6 Å². The van der Waals surface area contributed by atoms with Gasteiger partial charge in [-0.1, -0.05) is 34.1 Å². The Bertz CT molecular complexity index is 604. The molecule has 1 unspecified atom stereocenters. The molecule has 0 fully saturated rings. The summed E-state index contributed by atoms with van der Waals surface area (Å²) in [5, 5.41) is 0. The van der Waals surface area contributed by atoms with Crippen molar-refractivity contribution < 1.29 is 8.78 Å². The van der Waals surface area contributed by atoms with Gasteiger partial charge in [0.25, 0.3) is 0 Å². The minimum atomic E-state index is -0.466. The van der Waals surface area contributed by atoms with Gasteiger partial charge in [0.05, 0.1) is 9.30 Å². The van der Waals surface area contributed by atoms with Gasteiger partial charge in [-0.15, -0.1) is 0 Å². The van der Waals surface area contributed by atoms with E-state index in [0.29, 0.717) is 5.56 Å². The first kappa shape index (κ1) is 14.7. The van der Waals surface area contributed by atoms with Crippen molar-refractivity contribution in [3.63, 3.8) is 0 Å². The van der Waals surface area contributed by atoms with Crippen molar-refractivity contribution in [2.24, 2.45) is 0 Å². The van der Waals surface area contributed by atoms with Crippen LogP contribution in [0.3, 0.4) is 0 Å². The van der Waals surface area contributed by atoms with Gasteiger partial charge in [-0.3, -0.25) is 0 Å². The fourth-order valence-electron chi connectivity index (χ4n) is 2.11. The van der Waals surface area contributed by atoms with Crippen molar-refractivity contribution in [3.05, 3.63) is 68.7 Å². The van der Waals surface area contributed by atoms with Gasteiger partial charge >= 0.3 is 0 Å². The summed E-state index contributed by atoms with van der Waals surface area (Å²) in [5.41, 5.74) is 3.37. The van der Waals surface area contributed by atoms with E-state index in [2.05, 4.69) is 31.9 Å². The van der Waals surface area contributed by atoms with E-state index in [-0.39, 0.29) is 9.30 Å². The fraction of sp³-hybridized carbons (Fsp3) is 0.200.